The molecule has 3 atom stereocenters. The van der Waals surface area contributed by atoms with Gasteiger partial charge in [0.05, 0.1) is 6.61 Å². The molecule has 1 fully saturated rings. The summed E-state index contributed by atoms with van der Waals surface area (Å²) >= 11 is 0. The van der Waals surface area contributed by atoms with E-state index in [4.69, 9.17) is 9.15 Å². The minimum Gasteiger partial charge on any atom is -0.493 e. The zero-order valence-corrected chi connectivity index (χ0v) is 14.4. The van der Waals surface area contributed by atoms with E-state index in [9.17, 15) is 4.79 Å². The monoisotopic (exact) mass is 337 g/mol. The predicted octanol–water partition coefficient (Wildman–Crippen LogP) is 3.78. The van der Waals surface area contributed by atoms with Crippen LogP contribution in [0.5, 0.6) is 5.75 Å². The Morgan fingerprint density at radius 2 is 2.12 bits per heavy atom. The Hall–Kier alpha value is -2.49. The molecule has 2 aromatic rings. The Balaban J connectivity index is 1.26. The first-order valence-corrected chi connectivity index (χ1v) is 8.95. The van der Waals surface area contributed by atoms with Crippen LogP contribution in [0.1, 0.15) is 36.3 Å². The second kappa shape index (κ2) is 6.79. The quantitative estimate of drug-likeness (QED) is 0.845. The smallest absolute Gasteiger partial charge is 0.244 e. The normalized spacial score (nSPS) is 24.6. The van der Waals surface area contributed by atoms with Crippen molar-refractivity contribution in [3.63, 3.8) is 0 Å². The zero-order valence-electron chi connectivity index (χ0n) is 14.4. The molecule has 1 aromatic carbocycles. The maximum absolute atomic E-state index is 12.0. The van der Waals surface area contributed by atoms with Gasteiger partial charge in [0.2, 0.25) is 5.91 Å². The van der Waals surface area contributed by atoms with Crippen molar-refractivity contribution in [2.75, 3.05) is 13.2 Å². The summed E-state index contributed by atoms with van der Waals surface area (Å²) < 4.78 is 11.5. The molecule has 1 amide bonds. The fourth-order valence-electron chi connectivity index (χ4n) is 3.36. The van der Waals surface area contributed by atoms with Crippen molar-refractivity contribution >= 4 is 12.0 Å². The Labute approximate surface area is 147 Å². The lowest BCUT2D eigenvalue weighted by Gasteiger charge is -2.25. The van der Waals surface area contributed by atoms with E-state index < -0.39 is 0 Å². The molecule has 0 spiro atoms. The molecule has 1 N–H and O–H groups in total. The van der Waals surface area contributed by atoms with Crippen molar-refractivity contribution in [2.24, 2.45) is 11.8 Å². The summed E-state index contributed by atoms with van der Waals surface area (Å²) in [5, 5.41) is 2.95. The molecule has 1 saturated carbocycles. The number of hydrogen-bond acceptors (Lipinski definition) is 3. The van der Waals surface area contributed by atoms with E-state index in [0.717, 1.165) is 23.7 Å². The van der Waals surface area contributed by atoms with Crippen LogP contribution in [-0.4, -0.2) is 19.1 Å². The third kappa shape index (κ3) is 3.78. The Morgan fingerprint density at radius 1 is 1.28 bits per heavy atom. The van der Waals surface area contributed by atoms with E-state index in [0.29, 0.717) is 30.9 Å². The molecule has 1 aromatic heterocycles. The van der Waals surface area contributed by atoms with Gasteiger partial charge in [-0.3, -0.25) is 4.79 Å². The van der Waals surface area contributed by atoms with Gasteiger partial charge in [-0.15, -0.1) is 0 Å². The number of hydrogen-bond donors (Lipinski definition) is 1. The van der Waals surface area contributed by atoms with E-state index in [1.54, 1.807) is 6.08 Å². The summed E-state index contributed by atoms with van der Waals surface area (Å²) in [6.07, 6.45) is 5.40. The summed E-state index contributed by atoms with van der Waals surface area (Å²) in [6.45, 7) is 3.48. The van der Waals surface area contributed by atoms with Crippen LogP contribution in [0.3, 0.4) is 0 Å². The van der Waals surface area contributed by atoms with Gasteiger partial charge in [0.15, 0.2) is 0 Å². The van der Waals surface area contributed by atoms with E-state index in [-0.39, 0.29) is 5.91 Å². The zero-order chi connectivity index (χ0) is 17.2. The fourth-order valence-corrected chi connectivity index (χ4v) is 3.36. The van der Waals surface area contributed by atoms with Crippen LogP contribution in [0, 0.1) is 11.8 Å². The van der Waals surface area contributed by atoms with Crippen LogP contribution in [0.15, 0.2) is 46.9 Å². The van der Waals surface area contributed by atoms with E-state index in [1.165, 1.54) is 18.1 Å². The molecule has 0 unspecified atom stereocenters. The van der Waals surface area contributed by atoms with Crippen molar-refractivity contribution < 1.29 is 13.9 Å². The Bertz CT molecular complexity index is 792. The number of rotatable bonds is 5. The molecule has 4 nitrogen and oxygen atoms in total. The topological polar surface area (TPSA) is 51.5 Å². The minimum atomic E-state index is -0.100. The molecule has 25 heavy (non-hydrogen) atoms. The van der Waals surface area contributed by atoms with Crippen LogP contribution in [0.25, 0.3) is 6.08 Å². The highest BCUT2D eigenvalue weighted by molar-refractivity contribution is 5.91. The summed E-state index contributed by atoms with van der Waals surface area (Å²) in [6, 6.07) is 12.0. The van der Waals surface area contributed by atoms with Crippen molar-refractivity contribution in [1.82, 2.24) is 5.32 Å². The Morgan fingerprint density at radius 3 is 2.96 bits per heavy atom. The third-order valence-electron chi connectivity index (χ3n) is 5.04. The lowest BCUT2D eigenvalue weighted by atomic mass is 9.97. The maximum atomic E-state index is 12.0. The first kappa shape index (κ1) is 16.0. The summed E-state index contributed by atoms with van der Waals surface area (Å²) in [5.41, 5.74) is 1.21. The molecule has 0 radical (unpaired) electrons. The molecule has 4 rings (SSSR count). The molecule has 1 aliphatic heterocycles. The molecular weight excluding hydrogens is 314 g/mol. The highest BCUT2D eigenvalue weighted by Gasteiger charge is 2.36. The minimum absolute atomic E-state index is 0.100. The van der Waals surface area contributed by atoms with Gasteiger partial charge in [-0.25, -0.2) is 0 Å². The second-order valence-corrected chi connectivity index (χ2v) is 7.13. The molecule has 2 aliphatic rings. The predicted molar refractivity (Wildman–Crippen MR) is 96.4 cm³/mol. The van der Waals surface area contributed by atoms with Crippen molar-refractivity contribution in [3.8, 4) is 5.75 Å². The summed E-state index contributed by atoms with van der Waals surface area (Å²) in [4.78, 5) is 12.0. The van der Waals surface area contributed by atoms with E-state index in [1.807, 2.05) is 30.3 Å². The molecule has 1 aliphatic carbocycles. The van der Waals surface area contributed by atoms with Crippen molar-refractivity contribution in [2.45, 2.75) is 25.7 Å². The third-order valence-corrected chi connectivity index (χ3v) is 5.04. The first-order chi connectivity index (χ1) is 12.2. The second-order valence-electron chi connectivity index (χ2n) is 7.13. The molecular formula is C21H23NO3. The number of ether oxygens (including phenoxy) is 1. The van der Waals surface area contributed by atoms with Crippen LogP contribution in [0.2, 0.25) is 0 Å². The number of furan rings is 1. The average molecular weight is 337 g/mol. The van der Waals surface area contributed by atoms with Crippen LogP contribution in [0.4, 0.5) is 0 Å². The molecule has 2 heterocycles. The number of nitrogens with one attached hydrogen (secondary N) is 1. The van der Waals surface area contributed by atoms with Gasteiger partial charge in [-0.1, -0.05) is 25.1 Å². The highest BCUT2D eigenvalue weighted by Crippen LogP contribution is 2.47. The van der Waals surface area contributed by atoms with Gasteiger partial charge >= 0.3 is 0 Å². The van der Waals surface area contributed by atoms with Crippen LogP contribution < -0.4 is 10.1 Å². The molecule has 0 bridgehead atoms. The average Bonchev–Trinajstić information content (AvgIpc) is 3.18. The van der Waals surface area contributed by atoms with Crippen molar-refractivity contribution in [1.29, 1.82) is 0 Å². The number of fused-ring (bicyclic) bond motifs is 1. The maximum Gasteiger partial charge on any atom is 0.244 e. The number of carbonyl (C=O) groups excluding carboxylic acids is 1. The largest absolute Gasteiger partial charge is 0.493 e. The summed E-state index contributed by atoms with van der Waals surface area (Å²) in [7, 11) is 0. The fraction of sp³-hybridized carbons (Fsp3) is 0.381. The standard InChI is InChI=1S/C21H23NO3/c1-14-10-18(14)20-8-6-17(25-20)7-9-21(23)22-12-15-11-16-4-2-3-5-19(16)24-13-15/h2-9,14-15,18H,10-13H2,1H3,(H,22,23)/b9-7-/t14-,15-,18+/m1/s1. The lowest BCUT2D eigenvalue weighted by Crippen LogP contribution is -2.33. The van der Waals surface area contributed by atoms with Gasteiger partial charge in [0, 0.05) is 24.5 Å². The molecule has 4 heteroatoms. The Kier molecular flexibility index (Phi) is 4.35. The summed E-state index contributed by atoms with van der Waals surface area (Å²) in [5.74, 6) is 4.21. The van der Waals surface area contributed by atoms with Crippen molar-refractivity contribution in [3.05, 3.63) is 59.6 Å². The van der Waals surface area contributed by atoms with Gasteiger partial charge in [0.1, 0.15) is 17.3 Å². The SMILES string of the molecule is C[C@@H]1C[C@@H]1c1ccc(/C=C\C(=O)NC[C@@H]2COc3ccccc3C2)o1. The van der Waals surface area contributed by atoms with Gasteiger partial charge in [-0.05, 0) is 48.6 Å². The van der Waals surface area contributed by atoms with Crippen LogP contribution >= 0.6 is 0 Å². The van der Waals surface area contributed by atoms with Crippen LogP contribution in [-0.2, 0) is 11.2 Å². The van der Waals surface area contributed by atoms with E-state index in [2.05, 4.69) is 18.3 Å². The van der Waals surface area contributed by atoms with Gasteiger partial charge in [-0.2, -0.15) is 0 Å². The first-order valence-electron chi connectivity index (χ1n) is 8.95. The van der Waals surface area contributed by atoms with Gasteiger partial charge in [0.25, 0.3) is 0 Å². The highest BCUT2D eigenvalue weighted by atomic mass is 16.5. The van der Waals surface area contributed by atoms with Gasteiger partial charge < -0.3 is 14.5 Å². The lowest BCUT2D eigenvalue weighted by molar-refractivity contribution is -0.116. The number of amides is 1. The molecule has 0 saturated heterocycles. The molecule has 130 valence electrons. The number of carbonyl (C=O) groups is 1. The number of benzene rings is 1. The van der Waals surface area contributed by atoms with E-state index >= 15 is 0 Å². The number of para-hydroxylation sites is 1.